The molecule has 3 nitrogen and oxygen atoms in total. The maximum absolute atomic E-state index is 14.0. The second kappa shape index (κ2) is 6.69. The van der Waals surface area contributed by atoms with Gasteiger partial charge in [0.05, 0.1) is 18.8 Å². The minimum Gasteiger partial charge on any atom is -0.371 e. The van der Waals surface area contributed by atoms with Crippen LogP contribution in [0.15, 0.2) is 54.6 Å². The number of rotatable bonds is 3. The summed E-state index contributed by atoms with van der Waals surface area (Å²) >= 11 is 0. The largest absolute Gasteiger partial charge is 0.371 e. The summed E-state index contributed by atoms with van der Waals surface area (Å²) in [6, 6.07) is 18.0. The van der Waals surface area contributed by atoms with Crippen molar-refractivity contribution in [2.45, 2.75) is 12.1 Å². The van der Waals surface area contributed by atoms with Gasteiger partial charge in [-0.25, -0.2) is 4.39 Å². The molecular weight excluding hydrogens is 279 g/mol. The van der Waals surface area contributed by atoms with E-state index in [0.29, 0.717) is 25.3 Å². The molecule has 2 aromatic carbocycles. The third-order valence-corrected chi connectivity index (χ3v) is 3.96. The number of benzene rings is 2. The normalized spacial score (nSPS) is 20.3. The van der Waals surface area contributed by atoms with Gasteiger partial charge < -0.3 is 4.74 Å². The van der Waals surface area contributed by atoms with Gasteiger partial charge in [-0.1, -0.05) is 48.5 Å². The van der Waals surface area contributed by atoms with Crippen LogP contribution in [-0.2, 0) is 4.74 Å². The number of nitriles is 1. The van der Waals surface area contributed by atoms with Crippen LogP contribution in [0.2, 0.25) is 0 Å². The SMILES string of the molecule is N#C[C@H](c1ccccc1F)N1CCO[C@@H](c2ccccc2)C1. The summed E-state index contributed by atoms with van der Waals surface area (Å²) in [6.07, 6.45) is -0.0856. The van der Waals surface area contributed by atoms with E-state index in [2.05, 4.69) is 6.07 Å². The van der Waals surface area contributed by atoms with Gasteiger partial charge in [0.1, 0.15) is 11.9 Å². The Morgan fingerprint density at radius 1 is 1.14 bits per heavy atom. The van der Waals surface area contributed by atoms with Crippen molar-refractivity contribution in [2.24, 2.45) is 0 Å². The number of halogens is 1. The predicted molar refractivity (Wildman–Crippen MR) is 81.5 cm³/mol. The Morgan fingerprint density at radius 2 is 1.86 bits per heavy atom. The number of ether oxygens (including phenoxy) is 1. The zero-order chi connectivity index (χ0) is 15.4. The minimum atomic E-state index is -0.587. The molecule has 2 aromatic rings. The van der Waals surface area contributed by atoms with E-state index in [1.807, 2.05) is 35.2 Å². The Labute approximate surface area is 129 Å². The topological polar surface area (TPSA) is 36.3 Å². The lowest BCUT2D eigenvalue weighted by Gasteiger charge is -2.35. The highest BCUT2D eigenvalue weighted by Crippen LogP contribution is 2.29. The Balaban J connectivity index is 1.82. The monoisotopic (exact) mass is 296 g/mol. The fraction of sp³-hybridized carbons (Fsp3) is 0.278. The molecule has 0 saturated carbocycles. The summed E-state index contributed by atoms with van der Waals surface area (Å²) < 4.78 is 19.8. The van der Waals surface area contributed by atoms with E-state index in [1.165, 1.54) is 6.07 Å². The first kappa shape index (κ1) is 14.7. The Bertz CT molecular complexity index is 668. The molecule has 1 saturated heterocycles. The Morgan fingerprint density at radius 3 is 2.59 bits per heavy atom. The lowest BCUT2D eigenvalue weighted by molar-refractivity contribution is -0.0387. The molecular formula is C18H17FN2O. The van der Waals surface area contributed by atoms with Gasteiger partial charge in [0.15, 0.2) is 0 Å². The zero-order valence-electron chi connectivity index (χ0n) is 12.2. The van der Waals surface area contributed by atoms with Crippen molar-refractivity contribution in [1.82, 2.24) is 4.90 Å². The molecule has 0 N–H and O–H groups in total. The van der Waals surface area contributed by atoms with E-state index < -0.39 is 6.04 Å². The summed E-state index contributed by atoms with van der Waals surface area (Å²) in [5, 5.41) is 9.51. The second-order valence-corrected chi connectivity index (χ2v) is 5.32. The van der Waals surface area contributed by atoms with Crippen LogP contribution < -0.4 is 0 Å². The maximum atomic E-state index is 14.0. The van der Waals surface area contributed by atoms with Gasteiger partial charge in [0.2, 0.25) is 0 Å². The van der Waals surface area contributed by atoms with Crippen molar-refractivity contribution in [1.29, 1.82) is 5.26 Å². The fourth-order valence-corrected chi connectivity index (χ4v) is 2.82. The summed E-state index contributed by atoms with van der Waals surface area (Å²) in [5.41, 5.74) is 1.51. The first-order chi connectivity index (χ1) is 10.8. The molecule has 0 bridgehead atoms. The Hall–Kier alpha value is -2.22. The summed E-state index contributed by atoms with van der Waals surface area (Å²) in [7, 11) is 0. The molecule has 2 atom stereocenters. The van der Waals surface area contributed by atoms with E-state index >= 15 is 0 Å². The van der Waals surface area contributed by atoms with Crippen molar-refractivity contribution in [2.75, 3.05) is 19.7 Å². The molecule has 1 aliphatic heterocycles. The molecule has 1 aliphatic rings. The van der Waals surface area contributed by atoms with Crippen LogP contribution in [0.25, 0.3) is 0 Å². The molecule has 0 amide bonds. The van der Waals surface area contributed by atoms with E-state index in [-0.39, 0.29) is 11.9 Å². The van der Waals surface area contributed by atoms with E-state index in [0.717, 1.165) is 5.56 Å². The average molecular weight is 296 g/mol. The van der Waals surface area contributed by atoms with Gasteiger partial charge >= 0.3 is 0 Å². The van der Waals surface area contributed by atoms with Crippen molar-refractivity contribution in [3.8, 4) is 6.07 Å². The van der Waals surface area contributed by atoms with Gasteiger partial charge in [-0.15, -0.1) is 0 Å². The summed E-state index contributed by atoms with van der Waals surface area (Å²) in [4.78, 5) is 1.99. The quantitative estimate of drug-likeness (QED) is 0.870. The highest BCUT2D eigenvalue weighted by atomic mass is 19.1. The smallest absolute Gasteiger partial charge is 0.129 e. The fourth-order valence-electron chi connectivity index (χ4n) is 2.82. The number of morpholine rings is 1. The number of hydrogen-bond donors (Lipinski definition) is 0. The van der Waals surface area contributed by atoms with Crippen LogP contribution in [0.1, 0.15) is 23.3 Å². The molecule has 22 heavy (non-hydrogen) atoms. The maximum Gasteiger partial charge on any atom is 0.129 e. The van der Waals surface area contributed by atoms with Gasteiger partial charge in [0, 0.05) is 18.7 Å². The van der Waals surface area contributed by atoms with E-state index in [4.69, 9.17) is 4.74 Å². The van der Waals surface area contributed by atoms with Crippen LogP contribution in [0.5, 0.6) is 0 Å². The van der Waals surface area contributed by atoms with Gasteiger partial charge in [-0.2, -0.15) is 5.26 Å². The molecule has 0 unspecified atom stereocenters. The van der Waals surface area contributed by atoms with Gasteiger partial charge in [-0.3, -0.25) is 4.90 Å². The Kier molecular flexibility index (Phi) is 4.47. The van der Waals surface area contributed by atoms with Gasteiger partial charge in [-0.05, 0) is 11.6 Å². The molecule has 112 valence electrons. The van der Waals surface area contributed by atoms with Crippen LogP contribution >= 0.6 is 0 Å². The van der Waals surface area contributed by atoms with Crippen molar-refractivity contribution < 1.29 is 9.13 Å². The molecule has 0 radical (unpaired) electrons. The molecule has 0 aliphatic carbocycles. The molecule has 3 rings (SSSR count). The number of hydrogen-bond acceptors (Lipinski definition) is 3. The van der Waals surface area contributed by atoms with Crippen molar-refractivity contribution in [3.05, 3.63) is 71.5 Å². The third kappa shape index (κ3) is 3.01. The highest BCUT2D eigenvalue weighted by Gasteiger charge is 2.29. The standard InChI is InChI=1S/C18H17FN2O/c19-16-9-5-4-8-15(16)17(12-20)21-10-11-22-18(13-21)14-6-2-1-3-7-14/h1-9,17-18H,10-11,13H2/t17-,18-/m1/s1. The van der Waals surface area contributed by atoms with Crippen LogP contribution in [0.3, 0.4) is 0 Å². The van der Waals surface area contributed by atoms with Crippen molar-refractivity contribution in [3.63, 3.8) is 0 Å². The summed E-state index contributed by atoms with van der Waals surface area (Å²) in [5.74, 6) is -0.336. The van der Waals surface area contributed by atoms with Crippen LogP contribution in [-0.4, -0.2) is 24.6 Å². The first-order valence-corrected chi connectivity index (χ1v) is 7.34. The molecule has 4 heteroatoms. The average Bonchev–Trinajstić information content (AvgIpc) is 2.58. The molecule has 0 aromatic heterocycles. The highest BCUT2D eigenvalue weighted by molar-refractivity contribution is 5.26. The third-order valence-electron chi connectivity index (χ3n) is 3.96. The molecule has 0 spiro atoms. The van der Waals surface area contributed by atoms with Gasteiger partial charge in [0.25, 0.3) is 0 Å². The lowest BCUT2D eigenvalue weighted by atomic mass is 10.0. The second-order valence-electron chi connectivity index (χ2n) is 5.32. The predicted octanol–water partition coefficient (Wildman–Crippen LogP) is 3.46. The zero-order valence-corrected chi connectivity index (χ0v) is 12.2. The van der Waals surface area contributed by atoms with E-state index in [9.17, 15) is 9.65 Å². The van der Waals surface area contributed by atoms with Crippen molar-refractivity contribution >= 4 is 0 Å². The van der Waals surface area contributed by atoms with E-state index in [1.54, 1.807) is 18.2 Å². The first-order valence-electron chi connectivity index (χ1n) is 7.34. The lowest BCUT2D eigenvalue weighted by Crippen LogP contribution is -2.40. The summed E-state index contributed by atoms with van der Waals surface area (Å²) in [6.45, 7) is 1.73. The molecule has 1 fully saturated rings. The number of nitrogens with zero attached hydrogens (tertiary/aromatic N) is 2. The van der Waals surface area contributed by atoms with Crippen LogP contribution in [0, 0.1) is 17.1 Å². The minimum absolute atomic E-state index is 0.0856. The van der Waals surface area contributed by atoms with Crippen LogP contribution in [0.4, 0.5) is 4.39 Å². The molecule has 1 heterocycles.